The van der Waals surface area contributed by atoms with Crippen LogP contribution >= 0.6 is 15.2 Å². The third kappa shape index (κ3) is 4.85. The topological polar surface area (TPSA) is 188 Å². The van der Waals surface area contributed by atoms with Gasteiger partial charge in [-0.1, -0.05) is 0 Å². The first-order valence-corrected chi connectivity index (χ1v) is 9.21. The van der Waals surface area contributed by atoms with Crippen LogP contribution in [0, 0.1) is 5.92 Å². The van der Waals surface area contributed by atoms with Crippen molar-refractivity contribution in [1.82, 2.24) is 0 Å². The van der Waals surface area contributed by atoms with Crippen molar-refractivity contribution in [1.29, 1.82) is 0 Å². The average Bonchev–Trinajstić information content (AvgIpc) is 2.33. The maximum Gasteiger partial charge on any atom is 0.369 e. The van der Waals surface area contributed by atoms with Crippen LogP contribution in [0.4, 0.5) is 0 Å². The molecule has 13 heteroatoms. The average molecular weight is 364 g/mol. The molecule has 0 aliphatic carbocycles. The number of carbonyl (C=O) groups excluding carboxylic acids is 2. The highest BCUT2D eigenvalue weighted by Crippen LogP contribution is 2.69. The molecule has 0 bridgehead atoms. The van der Waals surface area contributed by atoms with Gasteiger partial charge in [0.25, 0.3) is 5.08 Å². The molecule has 5 N–H and O–H groups in total. The number of hydrogen-bond donors (Lipinski definition) is 5. The van der Waals surface area contributed by atoms with Gasteiger partial charge in [0.1, 0.15) is 0 Å². The van der Waals surface area contributed by atoms with Crippen molar-refractivity contribution in [3.63, 3.8) is 0 Å². The third-order valence-corrected chi connectivity index (χ3v) is 6.35. The van der Waals surface area contributed by atoms with E-state index in [9.17, 15) is 23.8 Å². The predicted molar refractivity (Wildman–Crippen MR) is 70.4 cm³/mol. The van der Waals surface area contributed by atoms with Crippen LogP contribution in [-0.2, 0) is 28.2 Å². The first kappa shape index (κ1) is 21.2. The van der Waals surface area contributed by atoms with Crippen LogP contribution in [-0.4, -0.2) is 54.9 Å². The van der Waals surface area contributed by atoms with Crippen molar-refractivity contribution in [3.8, 4) is 0 Å². The third-order valence-electron chi connectivity index (χ3n) is 2.55. The van der Waals surface area contributed by atoms with Gasteiger partial charge >= 0.3 is 27.1 Å². The molecule has 0 aromatic carbocycles. The Morgan fingerprint density at radius 3 is 1.50 bits per heavy atom. The summed E-state index contributed by atoms with van der Waals surface area (Å²) < 4.78 is 31.5. The summed E-state index contributed by atoms with van der Waals surface area (Å²) in [6.45, 7) is 2.33. The standard InChI is InChI=1S/C9H18O11P2/c1-3-19-7(10)6(8(11)20-4-2)5-9(12,21(13,14)15)22(16,17)18/h6,12H,3-5H2,1-2H3,(H2,13,14,15)(H2,16,17,18). The highest BCUT2D eigenvalue weighted by Gasteiger charge is 2.62. The van der Waals surface area contributed by atoms with Gasteiger partial charge in [0.2, 0.25) is 0 Å². The second-order valence-electron chi connectivity index (χ2n) is 4.12. The zero-order valence-corrected chi connectivity index (χ0v) is 13.6. The van der Waals surface area contributed by atoms with Crippen molar-refractivity contribution >= 4 is 27.1 Å². The van der Waals surface area contributed by atoms with Crippen molar-refractivity contribution in [3.05, 3.63) is 0 Å². The van der Waals surface area contributed by atoms with Crippen molar-refractivity contribution in [2.75, 3.05) is 13.2 Å². The maximum atomic E-state index is 11.7. The highest BCUT2D eigenvalue weighted by atomic mass is 31.2. The number of rotatable bonds is 8. The summed E-state index contributed by atoms with van der Waals surface area (Å²) in [5.74, 6) is -4.77. The van der Waals surface area contributed by atoms with E-state index >= 15 is 0 Å². The molecule has 0 aromatic rings. The van der Waals surface area contributed by atoms with Gasteiger partial charge in [-0.3, -0.25) is 18.7 Å². The molecule has 0 amide bonds. The maximum absolute atomic E-state index is 11.7. The molecular formula is C9H18O11P2. The molecular weight excluding hydrogens is 346 g/mol. The Morgan fingerprint density at radius 1 is 0.955 bits per heavy atom. The van der Waals surface area contributed by atoms with E-state index < -0.39 is 44.6 Å². The molecule has 0 heterocycles. The summed E-state index contributed by atoms with van der Waals surface area (Å²) >= 11 is 0. The summed E-state index contributed by atoms with van der Waals surface area (Å²) in [4.78, 5) is 59.3. The summed E-state index contributed by atoms with van der Waals surface area (Å²) in [6, 6.07) is 0. The largest absolute Gasteiger partial charge is 0.465 e. The van der Waals surface area contributed by atoms with E-state index in [0.717, 1.165) is 0 Å². The number of esters is 2. The van der Waals surface area contributed by atoms with E-state index in [4.69, 9.17) is 19.6 Å². The minimum absolute atomic E-state index is 0.209. The zero-order valence-electron chi connectivity index (χ0n) is 11.8. The number of aliphatic hydroxyl groups is 1. The van der Waals surface area contributed by atoms with Gasteiger partial charge in [-0.15, -0.1) is 0 Å². The molecule has 22 heavy (non-hydrogen) atoms. The molecule has 0 radical (unpaired) electrons. The predicted octanol–water partition coefficient (Wildman–Crippen LogP) is -0.880. The lowest BCUT2D eigenvalue weighted by Gasteiger charge is -2.31. The lowest BCUT2D eigenvalue weighted by atomic mass is 10.1. The first-order chi connectivity index (χ1) is 9.81. The molecule has 0 aliphatic heterocycles. The number of carbonyl (C=O) groups is 2. The molecule has 130 valence electrons. The zero-order chi connectivity index (χ0) is 17.8. The van der Waals surface area contributed by atoms with Gasteiger partial charge < -0.3 is 34.2 Å². The van der Waals surface area contributed by atoms with Crippen LogP contribution < -0.4 is 0 Å². The van der Waals surface area contributed by atoms with Gasteiger partial charge in [-0.05, 0) is 13.8 Å². The van der Waals surface area contributed by atoms with Crippen molar-refractivity contribution < 1.29 is 52.9 Å². The SMILES string of the molecule is CCOC(=O)C(CC(O)(P(=O)(O)O)P(=O)(O)O)C(=O)OCC. The Balaban J connectivity index is 5.77. The fourth-order valence-electron chi connectivity index (χ4n) is 1.43. The quantitative estimate of drug-likeness (QED) is 0.204. The molecule has 0 unspecified atom stereocenters. The Morgan fingerprint density at radius 2 is 1.27 bits per heavy atom. The smallest absolute Gasteiger partial charge is 0.369 e. The Hall–Kier alpha value is -0.800. The van der Waals surface area contributed by atoms with E-state index in [-0.39, 0.29) is 13.2 Å². The molecule has 0 aliphatic rings. The molecule has 0 aromatic heterocycles. The molecule has 11 nitrogen and oxygen atoms in total. The normalized spacial score (nSPS) is 13.1. The van der Waals surface area contributed by atoms with Crippen LogP contribution in [0.2, 0.25) is 0 Å². The van der Waals surface area contributed by atoms with E-state index in [1.54, 1.807) is 0 Å². The van der Waals surface area contributed by atoms with Crippen molar-refractivity contribution in [2.45, 2.75) is 25.4 Å². The summed E-state index contributed by atoms with van der Waals surface area (Å²) in [7, 11) is -11.6. The van der Waals surface area contributed by atoms with Crippen LogP contribution in [0.3, 0.4) is 0 Å². The minimum atomic E-state index is -5.80. The monoisotopic (exact) mass is 364 g/mol. The Kier molecular flexibility index (Phi) is 7.37. The van der Waals surface area contributed by atoms with Gasteiger partial charge in [-0.2, -0.15) is 0 Å². The highest BCUT2D eigenvalue weighted by molar-refractivity contribution is 7.72. The lowest BCUT2D eigenvalue weighted by Crippen LogP contribution is -2.38. The molecule has 0 spiro atoms. The molecule has 0 atom stereocenters. The van der Waals surface area contributed by atoms with E-state index in [2.05, 4.69) is 9.47 Å². The van der Waals surface area contributed by atoms with Gasteiger partial charge in [-0.25, -0.2) is 0 Å². The molecule has 0 fully saturated rings. The second kappa shape index (κ2) is 7.65. The Labute approximate surface area is 125 Å². The molecule has 0 rings (SSSR count). The van der Waals surface area contributed by atoms with E-state index in [1.165, 1.54) is 13.8 Å². The van der Waals surface area contributed by atoms with Gasteiger partial charge in [0, 0.05) is 6.42 Å². The summed E-state index contributed by atoms with van der Waals surface area (Å²) in [6.07, 6.45) is -1.56. The summed E-state index contributed by atoms with van der Waals surface area (Å²) in [5, 5.41) is 5.83. The van der Waals surface area contributed by atoms with Crippen molar-refractivity contribution in [2.24, 2.45) is 5.92 Å². The lowest BCUT2D eigenvalue weighted by molar-refractivity contribution is -0.163. The van der Waals surface area contributed by atoms with Crippen LogP contribution in [0.15, 0.2) is 0 Å². The van der Waals surface area contributed by atoms with E-state index in [1.807, 2.05) is 0 Å². The fraction of sp³-hybridized carbons (Fsp3) is 0.778. The summed E-state index contributed by atoms with van der Waals surface area (Å²) in [5.41, 5.74) is 0. The molecule has 0 saturated carbocycles. The number of ether oxygens (including phenoxy) is 2. The number of hydrogen-bond acceptors (Lipinski definition) is 7. The fourth-order valence-corrected chi connectivity index (χ4v) is 3.63. The van der Waals surface area contributed by atoms with Gasteiger partial charge in [0.15, 0.2) is 5.92 Å². The van der Waals surface area contributed by atoms with Gasteiger partial charge in [0.05, 0.1) is 13.2 Å². The minimum Gasteiger partial charge on any atom is -0.465 e. The van der Waals surface area contributed by atoms with E-state index in [0.29, 0.717) is 0 Å². The first-order valence-electron chi connectivity index (χ1n) is 5.98. The second-order valence-corrected chi connectivity index (χ2v) is 8.13. The van der Waals surface area contributed by atoms with Crippen LogP contribution in [0.5, 0.6) is 0 Å². The Bertz CT molecular complexity index is 464. The molecule has 0 saturated heterocycles. The van der Waals surface area contributed by atoms with Crippen LogP contribution in [0.1, 0.15) is 20.3 Å². The van der Waals surface area contributed by atoms with Crippen LogP contribution in [0.25, 0.3) is 0 Å².